The van der Waals surface area contributed by atoms with E-state index < -0.39 is 5.92 Å². The molecule has 2 N–H and O–H groups in total. The number of rotatable bonds is 5. The van der Waals surface area contributed by atoms with Gasteiger partial charge in [0.25, 0.3) is 0 Å². The molecule has 0 spiro atoms. The molecule has 5 rings (SSSR count). The minimum Gasteiger partial charge on any atom is -0.384 e. The Bertz CT molecular complexity index is 1610. The second-order valence-corrected chi connectivity index (χ2v) is 12.5. The summed E-state index contributed by atoms with van der Waals surface area (Å²) in [5, 5.41) is 11.7. The zero-order chi connectivity index (χ0) is 27.8. The van der Waals surface area contributed by atoms with Gasteiger partial charge in [0, 0.05) is 37.8 Å². The van der Waals surface area contributed by atoms with Crippen molar-refractivity contribution in [1.29, 1.82) is 5.26 Å². The van der Waals surface area contributed by atoms with Crippen LogP contribution in [0.1, 0.15) is 47.4 Å². The fourth-order valence-corrected chi connectivity index (χ4v) is 7.45. The van der Waals surface area contributed by atoms with Gasteiger partial charge in [0.15, 0.2) is 5.78 Å². The third-order valence-electron chi connectivity index (χ3n) is 7.32. The lowest BCUT2D eigenvalue weighted by molar-refractivity contribution is -0.116. The molecular formula is C31H26BrCl2N3OS. The standard InChI is InChI=1S/C31H26BrCl2N3OS/c1-17-12-18(2)21(13-19(17)16-39-28-14-20(33)10-11-24(28)34)29-22(15-35)31(36)37(25-7-4-3-6-23(25)32)26-8-5-9-27(38)30(26)29/h3-4,6-7,10-14,29H,5,8-9,16,36H2,1-2H3. The summed E-state index contributed by atoms with van der Waals surface area (Å²) in [4.78, 5) is 16.4. The topological polar surface area (TPSA) is 70.1 Å². The molecule has 0 bridgehead atoms. The number of anilines is 1. The summed E-state index contributed by atoms with van der Waals surface area (Å²) in [5.41, 5.74) is 13.7. The number of nitrogens with zero attached hydrogens (tertiary/aromatic N) is 2. The highest BCUT2D eigenvalue weighted by Gasteiger charge is 2.41. The number of thioether (sulfide) groups is 1. The Kier molecular flexibility index (Phi) is 8.16. The van der Waals surface area contributed by atoms with Crippen molar-refractivity contribution in [2.45, 2.75) is 49.7 Å². The number of Topliss-reactive ketones (excluding diaryl/α,β-unsaturated/α-hetero) is 1. The highest BCUT2D eigenvalue weighted by Crippen LogP contribution is 2.48. The first-order valence-electron chi connectivity index (χ1n) is 12.6. The number of hydrogen-bond donors (Lipinski definition) is 1. The summed E-state index contributed by atoms with van der Waals surface area (Å²) in [7, 11) is 0. The number of carbonyl (C=O) groups is 1. The summed E-state index contributed by atoms with van der Waals surface area (Å²) < 4.78 is 0.846. The van der Waals surface area contributed by atoms with Crippen LogP contribution in [0.3, 0.4) is 0 Å². The van der Waals surface area contributed by atoms with Gasteiger partial charge >= 0.3 is 0 Å². The first-order valence-corrected chi connectivity index (χ1v) is 15.1. The van der Waals surface area contributed by atoms with Gasteiger partial charge in [0.2, 0.25) is 0 Å². The minimum atomic E-state index is -0.518. The Morgan fingerprint density at radius 1 is 1.10 bits per heavy atom. The van der Waals surface area contributed by atoms with E-state index in [1.807, 2.05) is 42.2 Å². The normalized spacial score (nSPS) is 17.4. The largest absolute Gasteiger partial charge is 0.384 e. The van der Waals surface area contributed by atoms with Crippen LogP contribution in [0.5, 0.6) is 0 Å². The molecule has 2 aliphatic rings. The van der Waals surface area contributed by atoms with Gasteiger partial charge in [-0.15, -0.1) is 11.8 Å². The van der Waals surface area contributed by atoms with E-state index in [-0.39, 0.29) is 5.78 Å². The van der Waals surface area contributed by atoms with Gasteiger partial charge in [-0.3, -0.25) is 9.69 Å². The SMILES string of the molecule is Cc1cc(C)c(C2C(C#N)=C(N)N(c3ccccc3Br)C3=C2C(=O)CCC3)cc1CSc1cc(Cl)ccc1Cl. The Morgan fingerprint density at radius 2 is 1.87 bits per heavy atom. The van der Waals surface area contributed by atoms with Crippen molar-refractivity contribution in [3.05, 3.63) is 114 Å². The minimum absolute atomic E-state index is 0.0696. The molecule has 1 aliphatic heterocycles. The number of halogens is 3. The summed E-state index contributed by atoms with van der Waals surface area (Å²) in [6.07, 6.45) is 1.91. The molecule has 1 unspecified atom stereocenters. The predicted molar refractivity (Wildman–Crippen MR) is 164 cm³/mol. The Hall–Kier alpha value is -2.69. The summed E-state index contributed by atoms with van der Waals surface area (Å²) >= 11 is 17.9. The van der Waals surface area contributed by atoms with E-state index in [0.29, 0.717) is 45.6 Å². The molecule has 4 nitrogen and oxygen atoms in total. The number of benzene rings is 3. The van der Waals surface area contributed by atoms with Crippen LogP contribution in [0.4, 0.5) is 5.69 Å². The smallest absolute Gasteiger partial charge is 0.161 e. The molecule has 0 fully saturated rings. The molecule has 3 aromatic carbocycles. The Balaban J connectivity index is 1.64. The number of para-hydroxylation sites is 1. The maximum absolute atomic E-state index is 13.6. The van der Waals surface area contributed by atoms with Gasteiger partial charge in [-0.05, 0) is 95.2 Å². The predicted octanol–water partition coefficient (Wildman–Crippen LogP) is 8.97. The van der Waals surface area contributed by atoms with Crippen LogP contribution < -0.4 is 10.6 Å². The van der Waals surface area contributed by atoms with Crippen molar-refractivity contribution in [2.24, 2.45) is 5.73 Å². The molecule has 1 heterocycles. The average Bonchev–Trinajstić information content (AvgIpc) is 2.90. The lowest BCUT2D eigenvalue weighted by Crippen LogP contribution is -2.39. The molecular weight excluding hydrogens is 613 g/mol. The fraction of sp³-hybridized carbons (Fsp3) is 0.226. The van der Waals surface area contributed by atoms with E-state index in [0.717, 1.165) is 49.4 Å². The van der Waals surface area contributed by atoms with Gasteiger partial charge in [0.1, 0.15) is 5.82 Å². The fourth-order valence-electron chi connectivity index (χ4n) is 5.43. The van der Waals surface area contributed by atoms with Crippen LogP contribution in [0.15, 0.2) is 86.6 Å². The van der Waals surface area contributed by atoms with Crippen LogP contribution in [0.25, 0.3) is 0 Å². The lowest BCUT2D eigenvalue weighted by atomic mass is 9.74. The number of hydrogen-bond acceptors (Lipinski definition) is 5. The van der Waals surface area contributed by atoms with E-state index in [1.165, 1.54) is 0 Å². The number of nitriles is 1. The lowest BCUT2D eigenvalue weighted by Gasteiger charge is -2.40. The highest BCUT2D eigenvalue weighted by molar-refractivity contribution is 9.10. The Morgan fingerprint density at radius 3 is 2.62 bits per heavy atom. The van der Waals surface area contributed by atoms with Crippen LogP contribution in [-0.4, -0.2) is 5.78 Å². The average molecular weight is 639 g/mol. The molecule has 0 radical (unpaired) electrons. The van der Waals surface area contributed by atoms with Crippen molar-refractivity contribution >= 4 is 62.4 Å². The van der Waals surface area contributed by atoms with Gasteiger partial charge in [-0.25, -0.2) is 0 Å². The van der Waals surface area contributed by atoms with E-state index >= 15 is 0 Å². The molecule has 1 aliphatic carbocycles. The quantitative estimate of drug-likeness (QED) is 0.282. The third-order valence-corrected chi connectivity index (χ3v) is 9.77. The Labute approximate surface area is 251 Å². The van der Waals surface area contributed by atoms with Crippen LogP contribution in [0, 0.1) is 25.2 Å². The number of nitrogens with two attached hydrogens (primary N) is 1. The van der Waals surface area contributed by atoms with Crippen LogP contribution in [-0.2, 0) is 10.5 Å². The molecule has 0 aromatic heterocycles. The maximum atomic E-state index is 13.6. The number of allylic oxidation sites excluding steroid dienone is 3. The zero-order valence-electron chi connectivity index (χ0n) is 21.5. The van der Waals surface area contributed by atoms with E-state index in [2.05, 4.69) is 41.1 Å². The van der Waals surface area contributed by atoms with Gasteiger partial charge in [-0.1, -0.05) is 47.5 Å². The molecule has 8 heteroatoms. The summed E-state index contributed by atoms with van der Waals surface area (Å²) in [5.74, 6) is 0.580. The number of aryl methyl sites for hydroxylation is 2. The molecule has 0 saturated carbocycles. The van der Waals surface area contributed by atoms with Crippen molar-refractivity contribution in [1.82, 2.24) is 0 Å². The van der Waals surface area contributed by atoms with Crippen molar-refractivity contribution < 1.29 is 4.79 Å². The van der Waals surface area contributed by atoms with Crippen LogP contribution >= 0.6 is 50.9 Å². The maximum Gasteiger partial charge on any atom is 0.161 e. The van der Waals surface area contributed by atoms with Crippen molar-refractivity contribution in [3.63, 3.8) is 0 Å². The first-order chi connectivity index (χ1) is 18.7. The third kappa shape index (κ3) is 5.26. The van der Waals surface area contributed by atoms with E-state index in [4.69, 9.17) is 28.9 Å². The molecule has 0 amide bonds. The molecule has 0 saturated heterocycles. The number of ketones is 1. The summed E-state index contributed by atoms with van der Waals surface area (Å²) in [6.45, 7) is 4.11. The van der Waals surface area contributed by atoms with Gasteiger partial charge in [-0.2, -0.15) is 5.26 Å². The number of carbonyl (C=O) groups excluding carboxylic acids is 1. The molecule has 1 atom stereocenters. The summed E-state index contributed by atoms with van der Waals surface area (Å²) in [6, 6.07) is 19.8. The zero-order valence-corrected chi connectivity index (χ0v) is 25.4. The molecule has 39 heavy (non-hydrogen) atoms. The monoisotopic (exact) mass is 637 g/mol. The van der Waals surface area contributed by atoms with E-state index in [1.54, 1.807) is 23.9 Å². The highest BCUT2D eigenvalue weighted by atomic mass is 79.9. The van der Waals surface area contributed by atoms with Crippen LogP contribution in [0.2, 0.25) is 10.0 Å². The second-order valence-electron chi connectivity index (χ2n) is 9.77. The van der Waals surface area contributed by atoms with E-state index in [9.17, 15) is 10.1 Å². The van der Waals surface area contributed by atoms with Gasteiger partial charge in [0.05, 0.1) is 28.3 Å². The van der Waals surface area contributed by atoms with Gasteiger partial charge < -0.3 is 5.73 Å². The second kappa shape index (κ2) is 11.4. The molecule has 3 aromatic rings. The van der Waals surface area contributed by atoms with Crippen molar-refractivity contribution in [3.8, 4) is 6.07 Å². The molecule has 198 valence electrons. The van der Waals surface area contributed by atoms with Crippen molar-refractivity contribution in [2.75, 3.05) is 4.90 Å². The first kappa shape index (κ1) is 27.9.